The Morgan fingerprint density at radius 1 is 0.917 bits per heavy atom. The predicted molar refractivity (Wildman–Crippen MR) is 137 cm³/mol. The molecule has 9 heteroatoms. The van der Waals surface area contributed by atoms with Gasteiger partial charge in [-0.25, -0.2) is 9.59 Å². The highest BCUT2D eigenvalue weighted by molar-refractivity contribution is 7.99. The summed E-state index contributed by atoms with van der Waals surface area (Å²) in [5.74, 6) is -1.65. The van der Waals surface area contributed by atoms with Gasteiger partial charge in [0.25, 0.3) is 0 Å². The van der Waals surface area contributed by atoms with Crippen molar-refractivity contribution in [2.45, 2.75) is 69.1 Å². The lowest BCUT2D eigenvalue weighted by molar-refractivity contribution is -0.141. The SMILES string of the molecule is CCCCCC/C(=N\OC(C)=O)C(=O)c1ccc(Sc2ccc3c(c2)C/C(=N/OC(C)=O)C3=O)cc1. The van der Waals surface area contributed by atoms with E-state index in [0.717, 1.165) is 41.0 Å². The van der Waals surface area contributed by atoms with Crippen LogP contribution in [0.5, 0.6) is 0 Å². The molecular formula is C27H28N2O6S. The standard InChI is InChI=1S/C27H28N2O6S/c1-4-5-6-7-8-24(28-34-17(2)30)26(32)19-9-11-21(12-10-19)36-22-13-14-23-20(15-22)16-25(27(23)33)29-35-18(3)31/h9-15H,4-8,16H2,1-3H3/b28-24+,29-25-. The van der Waals surface area contributed by atoms with E-state index in [4.69, 9.17) is 4.84 Å². The first kappa shape index (κ1) is 27.0. The third kappa shape index (κ3) is 7.45. The Morgan fingerprint density at radius 3 is 2.28 bits per heavy atom. The molecule has 0 aliphatic heterocycles. The molecule has 0 heterocycles. The number of ketones is 2. The van der Waals surface area contributed by atoms with E-state index < -0.39 is 11.9 Å². The molecule has 0 spiro atoms. The molecule has 2 aromatic rings. The van der Waals surface area contributed by atoms with E-state index in [2.05, 4.69) is 22.1 Å². The normalized spacial score (nSPS) is 14.0. The number of Topliss-reactive ketones (excluding diaryl/α,β-unsaturated/α-hetero) is 2. The smallest absolute Gasteiger partial charge is 0.318 e. The van der Waals surface area contributed by atoms with Crippen LogP contribution in [-0.2, 0) is 25.7 Å². The Bertz CT molecular complexity index is 1220. The summed E-state index contributed by atoms with van der Waals surface area (Å²) >= 11 is 1.49. The first-order valence-corrected chi connectivity index (χ1v) is 12.6. The summed E-state index contributed by atoms with van der Waals surface area (Å²) in [6.07, 6.45) is 4.65. The summed E-state index contributed by atoms with van der Waals surface area (Å²) < 4.78 is 0. The lowest BCUT2D eigenvalue weighted by Gasteiger charge is -2.07. The number of hydrogen-bond donors (Lipinski definition) is 0. The number of nitrogens with zero attached hydrogens (tertiary/aromatic N) is 2. The molecular weight excluding hydrogens is 480 g/mol. The molecule has 0 bridgehead atoms. The molecule has 36 heavy (non-hydrogen) atoms. The molecule has 8 nitrogen and oxygen atoms in total. The first-order chi connectivity index (χ1) is 17.3. The van der Waals surface area contributed by atoms with Gasteiger partial charge in [0.2, 0.25) is 11.6 Å². The van der Waals surface area contributed by atoms with Crippen molar-refractivity contribution in [3.05, 3.63) is 59.2 Å². The number of carbonyl (C=O) groups is 4. The third-order valence-electron chi connectivity index (χ3n) is 5.39. The molecule has 0 fully saturated rings. The Balaban J connectivity index is 1.69. The molecule has 0 amide bonds. The quantitative estimate of drug-likeness (QED) is 0.128. The fourth-order valence-corrected chi connectivity index (χ4v) is 4.51. The van der Waals surface area contributed by atoms with Crippen molar-refractivity contribution in [2.24, 2.45) is 10.3 Å². The molecule has 1 aliphatic carbocycles. The van der Waals surface area contributed by atoms with Gasteiger partial charge in [-0.3, -0.25) is 9.59 Å². The predicted octanol–water partition coefficient (Wildman–Crippen LogP) is 5.57. The van der Waals surface area contributed by atoms with E-state index in [1.165, 1.54) is 25.6 Å². The van der Waals surface area contributed by atoms with Gasteiger partial charge in [-0.1, -0.05) is 48.3 Å². The van der Waals surface area contributed by atoms with Crippen LogP contribution in [0.4, 0.5) is 0 Å². The van der Waals surface area contributed by atoms with Crippen LogP contribution < -0.4 is 0 Å². The van der Waals surface area contributed by atoms with Crippen molar-refractivity contribution in [2.75, 3.05) is 0 Å². The zero-order valence-corrected chi connectivity index (χ0v) is 21.4. The lowest BCUT2D eigenvalue weighted by atomic mass is 10.0. The van der Waals surface area contributed by atoms with Gasteiger partial charge in [0.05, 0.1) is 0 Å². The number of unbranched alkanes of at least 4 members (excludes halogenated alkanes) is 3. The number of fused-ring (bicyclic) bond motifs is 1. The van der Waals surface area contributed by atoms with Gasteiger partial charge in [-0.2, -0.15) is 0 Å². The number of carbonyl (C=O) groups excluding carboxylic acids is 4. The summed E-state index contributed by atoms with van der Waals surface area (Å²) in [7, 11) is 0. The van der Waals surface area contributed by atoms with Gasteiger partial charge in [0, 0.05) is 41.2 Å². The van der Waals surface area contributed by atoms with Crippen LogP contribution in [0, 0.1) is 0 Å². The summed E-state index contributed by atoms with van der Waals surface area (Å²) in [6.45, 7) is 4.58. The minimum Gasteiger partial charge on any atom is -0.318 e. The molecule has 2 aromatic carbocycles. The minimum atomic E-state index is -0.578. The van der Waals surface area contributed by atoms with E-state index in [1.54, 1.807) is 18.2 Å². The van der Waals surface area contributed by atoms with E-state index in [1.807, 2.05) is 24.3 Å². The van der Waals surface area contributed by atoms with Crippen molar-refractivity contribution in [1.82, 2.24) is 0 Å². The van der Waals surface area contributed by atoms with E-state index in [-0.39, 0.29) is 23.0 Å². The van der Waals surface area contributed by atoms with Gasteiger partial charge >= 0.3 is 11.9 Å². The van der Waals surface area contributed by atoms with Gasteiger partial charge < -0.3 is 9.68 Å². The van der Waals surface area contributed by atoms with Gasteiger partial charge in [-0.15, -0.1) is 0 Å². The van der Waals surface area contributed by atoms with Crippen LogP contribution in [-0.4, -0.2) is 34.9 Å². The van der Waals surface area contributed by atoms with Crippen molar-refractivity contribution < 1.29 is 28.9 Å². The molecule has 1 aliphatic rings. The Morgan fingerprint density at radius 2 is 1.61 bits per heavy atom. The highest BCUT2D eigenvalue weighted by Crippen LogP contribution is 2.32. The van der Waals surface area contributed by atoms with E-state index in [0.29, 0.717) is 24.0 Å². The van der Waals surface area contributed by atoms with E-state index in [9.17, 15) is 19.2 Å². The number of hydrogen-bond acceptors (Lipinski definition) is 9. The summed E-state index contributed by atoms with van der Waals surface area (Å²) in [5.41, 5.74) is 2.26. The highest BCUT2D eigenvalue weighted by Gasteiger charge is 2.27. The zero-order valence-electron chi connectivity index (χ0n) is 20.5. The van der Waals surface area contributed by atoms with Crippen LogP contribution in [0.15, 0.2) is 62.6 Å². The van der Waals surface area contributed by atoms with Crippen LogP contribution in [0.2, 0.25) is 0 Å². The minimum absolute atomic E-state index is 0.200. The molecule has 0 unspecified atom stereocenters. The average molecular weight is 509 g/mol. The lowest BCUT2D eigenvalue weighted by Crippen LogP contribution is -2.16. The van der Waals surface area contributed by atoms with Crippen LogP contribution in [0.3, 0.4) is 0 Å². The van der Waals surface area contributed by atoms with Crippen LogP contribution in [0.1, 0.15) is 79.2 Å². The average Bonchev–Trinajstić information content (AvgIpc) is 3.17. The number of benzene rings is 2. The van der Waals surface area contributed by atoms with Gasteiger partial charge in [-0.05, 0) is 60.9 Å². The number of rotatable bonds is 11. The Kier molecular flexibility index (Phi) is 9.69. The maximum atomic E-state index is 13.0. The zero-order chi connectivity index (χ0) is 26.1. The second kappa shape index (κ2) is 12.9. The molecule has 0 saturated heterocycles. The molecule has 0 saturated carbocycles. The first-order valence-electron chi connectivity index (χ1n) is 11.8. The third-order valence-corrected chi connectivity index (χ3v) is 6.39. The van der Waals surface area contributed by atoms with Crippen molar-refractivity contribution in [1.29, 1.82) is 0 Å². The fraction of sp³-hybridized carbons (Fsp3) is 0.333. The number of oxime groups is 2. The topological polar surface area (TPSA) is 111 Å². The van der Waals surface area contributed by atoms with Crippen molar-refractivity contribution in [3.8, 4) is 0 Å². The Hall–Kier alpha value is -3.59. The second-order valence-corrected chi connectivity index (χ2v) is 9.48. The van der Waals surface area contributed by atoms with Crippen molar-refractivity contribution in [3.63, 3.8) is 0 Å². The molecule has 0 radical (unpaired) electrons. The van der Waals surface area contributed by atoms with Crippen LogP contribution >= 0.6 is 11.8 Å². The van der Waals surface area contributed by atoms with E-state index >= 15 is 0 Å². The molecule has 0 atom stereocenters. The Labute approximate surface area is 214 Å². The van der Waals surface area contributed by atoms with Crippen LogP contribution in [0.25, 0.3) is 0 Å². The monoisotopic (exact) mass is 508 g/mol. The maximum absolute atomic E-state index is 13.0. The largest absolute Gasteiger partial charge is 0.331 e. The van der Waals surface area contributed by atoms with Gasteiger partial charge in [0.1, 0.15) is 11.4 Å². The molecule has 0 aromatic heterocycles. The fourth-order valence-electron chi connectivity index (χ4n) is 3.63. The molecule has 0 N–H and O–H groups in total. The second-order valence-electron chi connectivity index (χ2n) is 8.33. The summed E-state index contributed by atoms with van der Waals surface area (Å²) in [5, 5.41) is 7.47. The summed E-state index contributed by atoms with van der Waals surface area (Å²) in [4.78, 5) is 58.8. The van der Waals surface area contributed by atoms with Crippen molar-refractivity contribution >= 4 is 46.7 Å². The summed E-state index contributed by atoms with van der Waals surface area (Å²) in [6, 6.07) is 12.6. The van der Waals surface area contributed by atoms with Gasteiger partial charge in [0.15, 0.2) is 0 Å². The molecule has 3 rings (SSSR count). The highest BCUT2D eigenvalue weighted by atomic mass is 32.2. The maximum Gasteiger partial charge on any atom is 0.331 e. The molecule has 188 valence electrons.